The molecular weight excluding hydrogens is 1730 g/mol. The largest absolute Gasteiger partial charge is 0.277 e. The number of aromatic nitrogens is 12. The van der Waals surface area contributed by atoms with Crippen LogP contribution in [0.25, 0.3) is 264 Å². The zero-order valence-electron chi connectivity index (χ0n) is 76.5. The minimum Gasteiger partial charge on any atom is -0.277 e. The molecule has 0 saturated heterocycles. The van der Waals surface area contributed by atoms with Gasteiger partial charge in [0.15, 0.2) is 0 Å². The predicted molar refractivity (Wildman–Crippen MR) is 574 cm³/mol. The maximum absolute atomic E-state index is 9.68. The zero-order chi connectivity index (χ0) is 93.7. The molecule has 12 aromatic heterocycles. The standard InChI is InChI=1S/C33H22N4.C32H20N4.2C30H16N4/c1-19(2)24-12-11-20(18-34)13-25(24)23-15-27-26-14-21-7-3-4-8-22(21)16-30(26)37-32(27)31(17-23)36-29-10-6-5-9-28(29)35-33(36)37;1-18-11-20(17-33)12-19(2)30(18)23-14-25-24-13-21-7-3-4-8-22(21)15-28(24)36-31(25)29(16-23)35-27-10-6-5-9-26(27)34-32(35)36;31-17-18-6-5-9-19(12-18)22-14-24-23-13-20-7-1-2-8-21(20)15-27(23)34-29(24)28(16-22)33-26-11-4-3-10-25(26)32-30(33)34;31-17-18-9-11-19(12-10-18)22-14-24-23-13-20-5-1-2-6-21(20)15-27(23)34-29(24)28(16-22)33-26-8-4-3-7-25(26)32-30(33)34/h3-17,19H,1-2H3;3-16H,1-2H3;2*1-16H. The number of aryl methyl sites for hydroxylation is 2. The highest BCUT2D eigenvalue weighted by Crippen LogP contribution is 2.49. The molecule has 0 aliphatic rings. The number of benzene rings is 20. The van der Waals surface area contributed by atoms with E-state index in [2.05, 4.69) is 366 Å². The van der Waals surface area contributed by atoms with Crippen LogP contribution in [0.1, 0.15) is 58.7 Å². The topological polar surface area (TPSA) is 182 Å². The second kappa shape index (κ2) is 29.5. The summed E-state index contributed by atoms with van der Waals surface area (Å²) < 4.78 is 18.4. The Morgan fingerprint density at radius 2 is 0.518 bits per heavy atom. The van der Waals surface area contributed by atoms with Crippen molar-refractivity contribution in [3.05, 3.63) is 409 Å². The highest BCUT2D eigenvalue weighted by molar-refractivity contribution is 6.25. The number of nitriles is 4. The summed E-state index contributed by atoms with van der Waals surface area (Å²) in [6, 6.07) is 139. The lowest BCUT2D eigenvalue weighted by atomic mass is 9.90. The van der Waals surface area contributed by atoms with Crippen LogP contribution in [0.5, 0.6) is 0 Å². The number of hydrogen-bond acceptors (Lipinski definition) is 8. The summed E-state index contributed by atoms with van der Waals surface area (Å²) in [7, 11) is 0. The molecule has 0 aliphatic heterocycles. The fourth-order valence-electron chi connectivity index (χ4n) is 23.4. The van der Waals surface area contributed by atoms with Crippen LogP contribution >= 0.6 is 0 Å². The highest BCUT2D eigenvalue weighted by atomic mass is 15.2. The van der Waals surface area contributed by atoms with E-state index >= 15 is 0 Å². The van der Waals surface area contributed by atoms with Crippen LogP contribution < -0.4 is 0 Å². The molecule has 0 saturated carbocycles. The number of fused-ring (bicyclic) bond motifs is 36. The van der Waals surface area contributed by atoms with Gasteiger partial charge in [0.2, 0.25) is 23.1 Å². The van der Waals surface area contributed by atoms with Crippen molar-refractivity contribution in [2.75, 3.05) is 0 Å². The van der Waals surface area contributed by atoms with Gasteiger partial charge < -0.3 is 0 Å². The number of hydrogen-bond donors (Lipinski definition) is 0. The van der Waals surface area contributed by atoms with E-state index in [0.717, 1.165) is 150 Å². The van der Waals surface area contributed by atoms with Gasteiger partial charge >= 0.3 is 0 Å². The lowest BCUT2D eigenvalue weighted by Crippen LogP contribution is -1.94. The third kappa shape index (κ3) is 11.4. The van der Waals surface area contributed by atoms with Crippen molar-refractivity contribution in [3.63, 3.8) is 0 Å². The van der Waals surface area contributed by atoms with E-state index in [1.54, 1.807) is 0 Å². The molecule has 0 spiro atoms. The average Bonchev–Trinajstić information content (AvgIpc) is 1.53. The van der Waals surface area contributed by atoms with Crippen molar-refractivity contribution in [2.24, 2.45) is 0 Å². The van der Waals surface area contributed by atoms with E-state index in [4.69, 9.17) is 19.9 Å². The van der Waals surface area contributed by atoms with Crippen LogP contribution in [0.15, 0.2) is 370 Å². The van der Waals surface area contributed by atoms with Gasteiger partial charge in [0.05, 0.1) is 157 Å². The van der Waals surface area contributed by atoms with Crippen LogP contribution in [0, 0.1) is 59.2 Å². The van der Waals surface area contributed by atoms with Gasteiger partial charge in [0.1, 0.15) is 0 Å². The number of para-hydroxylation sites is 8. The predicted octanol–water partition coefficient (Wildman–Crippen LogP) is 30.4. The van der Waals surface area contributed by atoms with Gasteiger partial charge in [-0.1, -0.05) is 190 Å². The van der Waals surface area contributed by atoms with Gasteiger partial charge in [-0.05, 0) is 318 Å². The lowest BCUT2D eigenvalue weighted by Gasteiger charge is -2.14. The second-order valence-corrected chi connectivity index (χ2v) is 37.8. The molecule has 0 fully saturated rings. The number of nitrogens with zero attached hydrogens (tertiary/aromatic N) is 16. The summed E-state index contributed by atoms with van der Waals surface area (Å²) in [4.78, 5) is 20.3. The van der Waals surface area contributed by atoms with Crippen molar-refractivity contribution in [3.8, 4) is 68.8 Å². The molecule has 16 nitrogen and oxygen atoms in total. The Morgan fingerprint density at radius 3 is 0.879 bits per heavy atom. The smallest absolute Gasteiger partial charge is 0.220 e. The van der Waals surface area contributed by atoms with E-state index < -0.39 is 0 Å². The summed E-state index contributed by atoms with van der Waals surface area (Å²) in [5.74, 6) is 4.06. The third-order valence-corrected chi connectivity index (χ3v) is 29.5. The molecule has 141 heavy (non-hydrogen) atoms. The first-order valence-corrected chi connectivity index (χ1v) is 47.4. The Kier molecular flexibility index (Phi) is 16.5. The molecule has 0 atom stereocenters. The Bertz CT molecular complexity index is 11200. The fourth-order valence-corrected chi connectivity index (χ4v) is 23.4. The molecule has 0 radical (unpaired) electrons. The third-order valence-electron chi connectivity index (χ3n) is 29.5. The van der Waals surface area contributed by atoms with E-state index in [1.807, 2.05) is 91.0 Å². The molecule has 12 heterocycles. The van der Waals surface area contributed by atoms with Gasteiger partial charge in [-0.3, -0.25) is 35.2 Å². The first kappa shape index (κ1) is 78.9. The van der Waals surface area contributed by atoms with E-state index in [1.165, 1.54) is 130 Å². The van der Waals surface area contributed by atoms with E-state index in [0.29, 0.717) is 28.2 Å². The number of rotatable bonds is 5. The van der Waals surface area contributed by atoms with Gasteiger partial charge in [0, 0.05) is 43.1 Å². The van der Waals surface area contributed by atoms with Crippen molar-refractivity contribution in [1.29, 1.82) is 21.0 Å². The van der Waals surface area contributed by atoms with Crippen LogP contribution in [-0.2, 0) is 0 Å². The normalized spacial score (nSPS) is 12.1. The van der Waals surface area contributed by atoms with Crippen LogP contribution in [0.4, 0.5) is 0 Å². The van der Waals surface area contributed by atoms with E-state index in [-0.39, 0.29) is 0 Å². The Morgan fingerprint density at radius 1 is 0.213 bits per heavy atom. The lowest BCUT2D eigenvalue weighted by molar-refractivity contribution is 0.869. The molecule has 0 N–H and O–H groups in total. The molecular formula is C125H74N16. The summed E-state index contributed by atoms with van der Waals surface area (Å²) in [5.41, 5.74) is 37.4. The zero-order valence-corrected chi connectivity index (χ0v) is 76.5. The van der Waals surface area contributed by atoms with Crippen LogP contribution in [0.2, 0.25) is 0 Å². The Hall–Kier alpha value is -19.5. The summed E-state index contributed by atoms with van der Waals surface area (Å²) in [6.07, 6.45) is 0. The van der Waals surface area contributed by atoms with E-state index in [9.17, 15) is 21.0 Å². The molecule has 16 heteroatoms. The Labute approximate surface area is 801 Å². The molecule has 20 aromatic carbocycles. The first-order valence-electron chi connectivity index (χ1n) is 47.4. The summed E-state index contributed by atoms with van der Waals surface area (Å²) in [6.45, 7) is 8.62. The van der Waals surface area contributed by atoms with Crippen molar-refractivity contribution < 1.29 is 0 Å². The first-order chi connectivity index (χ1) is 69.3. The fraction of sp³-hybridized carbons (Fsp3) is 0.0400. The maximum Gasteiger partial charge on any atom is 0.220 e. The van der Waals surface area contributed by atoms with Gasteiger partial charge in [-0.2, -0.15) is 21.0 Å². The molecule has 32 aromatic rings. The SMILES string of the molecule is CC(C)c1ccc(C#N)cc1-c1cc2c3cc4ccccc4cc3n3c2c(c1)n1c2ccccc2nc13.Cc1cc(C#N)cc(C)c1-c1cc2c3cc4ccccc4cc3n3c2c(c1)n1c2ccccc2nc13.N#Cc1ccc(-c2cc3c4cc5ccccc5cc4n4c3c(c2)n2c3ccccc3nc24)cc1.N#Cc1cccc(-c2cc3c4cc5ccccc5cc4n4c3c(c2)n2c3ccccc3nc24)c1. The molecule has 32 rings (SSSR count). The molecule has 0 aliphatic carbocycles. The second-order valence-electron chi connectivity index (χ2n) is 37.8. The van der Waals surface area contributed by atoms with Gasteiger partial charge in [0.25, 0.3) is 0 Å². The molecule has 654 valence electrons. The maximum atomic E-state index is 9.68. The van der Waals surface area contributed by atoms with Gasteiger partial charge in [-0.15, -0.1) is 0 Å². The molecule has 0 bridgehead atoms. The van der Waals surface area contributed by atoms with Gasteiger partial charge in [-0.25, -0.2) is 19.9 Å². The summed E-state index contributed by atoms with van der Waals surface area (Å²) in [5, 5.41) is 57.4. The average molecular weight is 1800 g/mol. The van der Waals surface area contributed by atoms with Crippen molar-refractivity contribution >= 4 is 220 Å². The quantitative estimate of drug-likeness (QED) is 0.163. The minimum absolute atomic E-state index is 0.335. The molecule has 0 amide bonds. The summed E-state index contributed by atoms with van der Waals surface area (Å²) >= 11 is 0. The highest BCUT2D eigenvalue weighted by Gasteiger charge is 2.30. The Balaban J connectivity index is 0.0000000901. The minimum atomic E-state index is 0.335. The molecule has 0 unspecified atom stereocenters. The van der Waals surface area contributed by atoms with Crippen LogP contribution in [0.3, 0.4) is 0 Å². The van der Waals surface area contributed by atoms with Crippen molar-refractivity contribution in [1.82, 2.24) is 55.1 Å². The van der Waals surface area contributed by atoms with Crippen molar-refractivity contribution in [2.45, 2.75) is 33.6 Å². The monoisotopic (exact) mass is 1800 g/mol. The number of imidazole rings is 8. The van der Waals surface area contributed by atoms with Crippen LogP contribution in [-0.4, -0.2) is 55.1 Å².